The molecule has 4 N–H and O–H groups in total. The Kier molecular flexibility index (Phi) is 6.15. The summed E-state index contributed by atoms with van der Waals surface area (Å²) in [6.07, 6.45) is 1.44. The van der Waals surface area contributed by atoms with Crippen LogP contribution in [-0.2, 0) is 4.74 Å². The SMILES string of the molecule is Nc1ccccc1NC(=O)c1cnc(Nc2ccc(F)c(Cl)c2)nc1N1CCOCC1. The number of hydrogen-bond donors (Lipinski definition) is 3. The number of anilines is 5. The van der Waals surface area contributed by atoms with Crippen LogP contribution in [0.3, 0.4) is 0 Å². The van der Waals surface area contributed by atoms with Crippen LogP contribution in [0.25, 0.3) is 0 Å². The number of rotatable bonds is 5. The number of para-hydroxylation sites is 2. The fraction of sp³-hybridized carbons (Fsp3) is 0.190. The number of carbonyl (C=O) groups excluding carboxylic acids is 1. The van der Waals surface area contributed by atoms with Crippen LogP contribution in [0.2, 0.25) is 5.02 Å². The molecule has 1 aromatic heterocycles. The molecule has 0 saturated carbocycles. The molecule has 0 bridgehead atoms. The van der Waals surface area contributed by atoms with Crippen LogP contribution in [-0.4, -0.2) is 42.2 Å². The number of ether oxygens (including phenoxy) is 1. The molecule has 0 aliphatic carbocycles. The minimum atomic E-state index is -0.519. The van der Waals surface area contributed by atoms with Gasteiger partial charge in [0.25, 0.3) is 5.91 Å². The summed E-state index contributed by atoms with van der Waals surface area (Å²) in [5, 5.41) is 5.78. The van der Waals surface area contributed by atoms with Crippen LogP contribution in [0.4, 0.5) is 33.2 Å². The molecule has 160 valence electrons. The second-order valence-electron chi connectivity index (χ2n) is 6.83. The Morgan fingerprint density at radius 3 is 2.71 bits per heavy atom. The lowest BCUT2D eigenvalue weighted by atomic mass is 10.2. The summed E-state index contributed by atoms with van der Waals surface area (Å²) < 4.78 is 18.8. The van der Waals surface area contributed by atoms with E-state index in [4.69, 9.17) is 22.1 Å². The number of nitrogens with two attached hydrogens (primary N) is 1. The van der Waals surface area contributed by atoms with Gasteiger partial charge in [0.05, 0.1) is 29.6 Å². The topological polar surface area (TPSA) is 105 Å². The average Bonchev–Trinajstić information content (AvgIpc) is 2.78. The molecule has 1 aliphatic heterocycles. The largest absolute Gasteiger partial charge is 0.397 e. The molecule has 1 saturated heterocycles. The molecule has 4 rings (SSSR count). The van der Waals surface area contributed by atoms with Crippen molar-refractivity contribution < 1.29 is 13.9 Å². The van der Waals surface area contributed by atoms with Gasteiger partial charge in [-0.05, 0) is 30.3 Å². The zero-order valence-electron chi connectivity index (χ0n) is 16.4. The lowest BCUT2D eigenvalue weighted by Gasteiger charge is -2.29. The molecule has 0 spiro atoms. The molecule has 1 fully saturated rings. The molecule has 1 amide bonds. The maximum atomic E-state index is 13.4. The molecule has 0 radical (unpaired) electrons. The Labute approximate surface area is 183 Å². The second-order valence-corrected chi connectivity index (χ2v) is 7.23. The van der Waals surface area contributed by atoms with E-state index in [0.29, 0.717) is 54.7 Å². The van der Waals surface area contributed by atoms with Gasteiger partial charge < -0.3 is 26.0 Å². The van der Waals surface area contributed by atoms with E-state index in [1.165, 1.54) is 24.4 Å². The van der Waals surface area contributed by atoms with Gasteiger partial charge in [0.1, 0.15) is 17.2 Å². The lowest BCUT2D eigenvalue weighted by Crippen LogP contribution is -2.38. The highest BCUT2D eigenvalue weighted by molar-refractivity contribution is 6.31. The van der Waals surface area contributed by atoms with Gasteiger partial charge in [-0.15, -0.1) is 0 Å². The Morgan fingerprint density at radius 2 is 1.97 bits per heavy atom. The summed E-state index contributed by atoms with van der Waals surface area (Å²) in [5.41, 5.74) is 7.72. The van der Waals surface area contributed by atoms with E-state index in [9.17, 15) is 9.18 Å². The Hall–Kier alpha value is -3.43. The zero-order valence-corrected chi connectivity index (χ0v) is 17.2. The molecule has 2 heterocycles. The summed E-state index contributed by atoms with van der Waals surface area (Å²) in [4.78, 5) is 23.8. The van der Waals surface area contributed by atoms with Crippen molar-refractivity contribution in [2.45, 2.75) is 0 Å². The van der Waals surface area contributed by atoms with Gasteiger partial charge in [0, 0.05) is 25.0 Å². The highest BCUT2D eigenvalue weighted by atomic mass is 35.5. The van der Waals surface area contributed by atoms with Gasteiger partial charge in [-0.2, -0.15) is 4.98 Å². The fourth-order valence-electron chi connectivity index (χ4n) is 3.11. The Balaban J connectivity index is 1.64. The van der Waals surface area contributed by atoms with Crippen molar-refractivity contribution in [3.8, 4) is 0 Å². The minimum absolute atomic E-state index is 0.0187. The van der Waals surface area contributed by atoms with E-state index in [0.717, 1.165) is 0 Å². The first-order valence-corrected chi connectivity index (χ1v) is 9.97. The van der Waals surface area contributed by atoms with Crippen LogP contribution >= 0.6 is 11.6 Å². The van der Waals surface area contributed by atoms with Crippen molar-refractivity contribution in [1.29, 1.82) is 0 Å². The average molecular weight is 443 g/mol. The molecular weight excluding hydrogens is 423 g/mol. The van der Waals surface area contributed by atoms with E-state index in [1.807, 2.05) is 4.90 Å². The Bertz CT molecular complexity index is 1110. The molecule has 0 atom stereocenters. The van der Waals surface area contributed by atoms with Gasteiger partial charge >= 0.3 is 0 Å². The number of hydrogen-bond acceptors (Lipinski definition) is 7. The van der Waals surface area contributed by atoms with Gasteiger partial charge in [0.2, 0.25) is 5.95 Å². The first kappa shape index (κ1) is 20.8. The van der Waals surface area contributed by atoms with Gasteiger partial charge in [0.15, 0.2) is 0 Å². The van der Waals surface area contributed by atoms with Crippen LogP contribution in [0.15, 0.2) is 48.7 Å². The molecule has 31 heavy (non-hydrogen) atoms. The van der Waals surface area contributed by atoms with Crippen molar-refractivity contribution in [2.75, 3.05) is 47.6 Å². The van der Waals surface area contributed by atoms with Gasteiger partial charge in [-0.3, -0.25) is 4.79 Å². The second kappa shape index (κ2) is 9.15. The monoisotopic (exact) mass is 442 g/mol. The first-order valence-electron chi connectivity index (χ1n) is 9.59. The van der Waals surface area contributed by atoms with Crippen molar-refractivity contribution in [3.63, 3.8) is 0 Å². The summed E-state index contributed by atoms with van der Waals surface area (Å²) in [6.45, 7) is 2.19. The van der Waals surface area contributed by atoms with E-state index < -0.39 is 5.82 Å². The number of aromatic nitrogens is 2. The van der Waals surface area contributed by atoms with Crippen molar-refractivity contribution >= 4 is 46.3 Å². The lowest BCUT2D eigenvalue weighted by molar-refractivity contribution is 0.102. The number of amides is 1. The van der Waals surface area contributed by atoms with Crippen molar-refractivity contribution in [3.05, 3.63) is 65.1 Å². The number of halogens is 2. The zero-order chi connectivity index (χ0) is 21.8. The van der Waals surface area contributed by atoms with E-state index in [-0.39, 0.29) is 16.9 Å². The normalized spacial score (nSPS) is 13.7. The highest BCUT2D eigenvalue weighted by Crippen LogP contribution is 2.26. The number of morpholine rings is 1. The van der Waals surface area contributed by atoms with E-state index in [2.05, 4.69) is 20.6 Å². The van der Waals surface area contributed by atoms with Crippen LogP contribution in [0.1, 0.15) is 10.4 Å². The summed E-state index contributed by atoms with van der Waals surface area (Å²) in [5.74, 6) is -0.189. The fourth-order valence-corrected chi connectivity index (χ4v) is 3.29. The molecule has 1 aliphatic rings. The quantitative estimate of drug-likeness (QED) is 0.517. The molecule has 10 heteroatoms. The van der Waals surface area contributed by atoms with E-state index >= 15 is 0 Å². The molecular formula is C21H20ClFN6O2. The molecule has 2 aromatic carbocycles. The van der Waals surface area contributed by atoms with Crippen molar-refractivity contribution in [2.24, 2.45) is 0 Å². The maximum absolute atomic E-state index is 13.4. The number of carbonyl (C=O) groups is 1. The van der Waals surface area contributed by atoms with Gasteiger partial charge in [-0.25, -0.2) is 9.37 Å². The number of nitrogens with zero attached hydrogens (tertiary/aromatic N) is 3. The minimum Gasteiger partial charge on any atom is -0.397 e. The van der Waals surface area contributed by atoms with Crippen LogP contribution < -0.4 is 21.3 Å². The highest BCUT2D eigenvalue weighted by Gasteiger charge is 2.22. The maximum Gasteiger partial charge on any atom is 0.261 e. The number of nitrogen functional groups attached to an aromatic ring is 1. The van der Waals surface area contributed by atoms with Gasteiger partial charge in [-0.1, -0.05) is 23.7 Å². The summed E-state index contributed by atoms with van der Waals surface area (Å²) in [6, 6.07) is 11.2. The predicted molar refractivity (Wildman–Crippen MR) is 119 cm³/mol. The smallest absolute Gasteiger partial charge is 0.261 e. The van der Waals surface area contributed by atoms with Crippen molar-refractivity contribution in [1.82, 2.24) is 9.97 Å². The predicted octanol–water partition coefficient (Wildman–Crippen LogP) is 3.68. The third kappa shape index (κ3) is 4.84. The van der Waals surface area contributed by atoms with Crippen LogP contribution in [0.5, 0.6) is 0 Å². The third-order valence-electron chi connectivity index (χ3n) is 4.71. The standard InChI is InChI=1S/C21H20ClFN6O2/c22-15-11-13(5-6-16(15)23)26-21-25-12-14(19(28-21)29-7-9-31-10-8-29)20(30)27-18-4-2-1-3-17(18)24/h1-6,11-12H,7-10,24H2,(H,27,30)(H,25,26,28). The van der Waals surface area contributed by atoms with E-state index in [1.54, 1.807) is 24.3 Å². The summed E-state index contributed by atoms with van der Waals surface area (Å²) in [7, 11) is 0. The molecule has 3 aromatic rings. The molecule has 8 nitrogen and oxygen atoms in total. The third-order valence-corrected chi connectivity index (χ3v) is 5.00. The summed E-state index contributed by atoms with van der Waals surface area (Å²) >= 11 is 5.85. The first-order chi connectivity index (χ1) is 15.0. The number of benzene rings is 2. The number of nitrogens with one attached hydrogen (secondary N) is 2. The Morgan fingerprint density at radius 1 is 1.19 bits per heavy atom. The molecule has 0 unspecified atom stereocenters. The van der Waals surface area contributed by atoms with Crippen LogP contribution in [0, 0.1) is 5.82 Å².